The minimum Gasteiger partial charge on any atom is -0.367 e. The predicted octanol–water partition coefficient (Wildman–Crippen LogP) is 2.52. The highest BCUT2D eigenvalue weighted by Crippen LogP contribution is 2.18. The monoisotopic (exact) mass is 282 g/mol. The molecule has 21 heavy (non-hydrogen) atoms. The molecule has 0 spiro atoms. The van der Waals surface area contributed by atoms with Gasteiger partial charge in [0.2, 0.25) is 0 Å². The summed E-state index contributed by atoms with van der Waals surface area (Å²) in [4.78, 5) is 23.2. The van der Waals surface area contributed by atoms with Crippen LogP contribution in [0, 0.1) is 0 Å². The van der Waals surface area contributed by atoms with Gasteiger partial charge in [0.1, 0.15) is 11.6 Å². The Bertz CT molecular complexity index is 695. The maximum Gasteiger partial charge on any atom is 0.251 e. The fraction of sp³-hybridized carbons (Fsp3) is 0.312. The lowest BCUT2D eigenvalue weighted by molar-refractivity contribution is 0.781. The van der Waals surface area contributed by atoms with E-state index >= 15 is 0 Å². The van der Waals surface area contributed by atoms with Crippen LogP contribution in [-0.4, -0.2) is 21.0 Å². The largest absolute Gasteiger partial charge is 0.367 e. The summed E-state index contributed by atoms with van der Waals surface area (Å²) in [5.74, 6) is 1.42. The van der Waals surface area contributed by atoms with E-state index in [1.165, 1.54) is 6.07 Å². The third-order valence-corrected chi connectivity index (χ3v) is 3.55. The molecule has 5 nitrogen and oxygen atoms in total. The zero-order chi connectivity index (χ0) is 14.7. The fourth-order valence-corrected chi connectivity index (χ4v) is 2.39. The molecule has 3 rings (SSSR count). The lowest BCUT2D eigenvalue weighted by atomic mass is 10.2. The van der Waals surface area contributed by atoms with Gasteiger partial charge < -0.3 is 10.3 Å². The summed E-state index contributed by atoms with van der Waals surface area (Å²) in [5.41, 5.74) is 1.47. The third kappa shape index (κ3) is 3.18. The molecule has 0 radical (unpaired) electrons. The van der Waals surface area contributed by atoms with Crippen molar-refractivity contribution in [1.82, 2.24) is 15.0 Å². The van der Waals surface area contributed by atoms with E-state index < -0.39 is 0 Å². The Morgan fingerprint density at radius 3 is 2.81 bits per heavy atom. The highest BCUT2D eigenvalue weighted by Gasteiger charge is 2.10. The van der Waals surface area contributed by atoms with E-state index in [0.717, 1.165) is 36.3 Å². The lowest BCUT2D eigenvalue weighted by Crippen LogP contribution is -2.15. The molecule has 2 aromatic rings. The van der Waals surface area contributed by atoms with Crippen LogP contribution in [0.4, 0.5) is 5.82 Å². The maximum atomic E-state index is 11.6. The number of rotatable bonds is 4. The van der Waals surface area contributed by atoms with E-state index in [9.17, 15) is 4.79 Å². The van der Waals surface area contributed by atoms with Gasteiger partial charge in [0.15, 0.2) is 0 Å². The van der Waals surface area contributed by atoms with Crippen LogP contribution in [0.25, 0.3) is 11.4 Å². The van der Waals surface area contributed by atoms with Crippen LogP contribution in [0.5, 0.6) is 0 Å². The summed E-state index contributed by atoms with van der Waals surface area (Å²) < 4.78 is 0. The van der Waals surface area contributed by atoms with E-state index in [1.54, 1.807) is 6.20 Å². The number of H-pyrrole nitrogens is 1. The Balaban J connectivity index is 1.80. The molecule has 0 aromatic carbocycles. The molecule has 0 aliphatic heterocycles. The van der Waals surface area contributed by atoms with Crippen molar-refractivity contribution in [2.24, 2.45) is 0 Å². The molecule has 2 aromatic heterocycles. The first-order chi connectivity index (χ1) is 10.2. The van der Waals surface area contributed by atoms with Crippen molar-refractivity contribution < 1.29 is 0 Å². The number of nitrogens with zero attached hydrogens (tertiary/aromatic N) is 2. The van der Waals surface area contributed by atoms with E-state index in [4.69, 9.17) is 0 Å². The Kier molecular flexibility index (Phi) is 3.81. The normalized spacial score (nSPS) is 14.5. The predicted molar refractivity (Wildman–Crippen MR) is 83.3 cm³/mol. The average molecular weight is 282 g/mol. The second-order valence-corrected chi connectivity index (χ2v) is 5.16. The summed E-state index contributed by atoms with van der Waals surface area (Å²) in [6, 6.07) is 5.81. The van der Waals surface area contributed by atoms with Gasteiger partial charge in [-0.2, -0.15) is 0 Å². The van der Waals surface area contributed by atoms with E-state index in [2.05, 4.69) is 32.4 Å². The van der Waals surface area contributed by atoms with Gasteiger partial charge in [-0.05, 0) is 31.4 Å². The van der Waals surface area contributed by atoms with Crippen molar-refractivity contribution in [2.75, 3.05) is 5.32 Å². The SMILES string of the molecule is CCc1cc(=O)[nH]c(-c2ccc(NC3CC=CC3)nc2)n1. The molecule has 0 amide bonds. The molecule has 2 heterocycles. The molecular formula is C16H18N4O. The van der Waals surface area contributed by atoms with E-state index in [1.807, 2.05) is 19.1 Å². The minimum absolute atomic E-state index is 0.129. The van der Waals surface area contributed by atoms with Gasteiger partial charge in [-0.15, -0.1) is 0 Å². The lowest BCUT2D eigenvalue weighted by Gasteiger charge is -2.12. The summed E-state index contributed by atoms with van der Waals surface area (Å²) >= 11 is 0. The molecule has 108 valence electrons. The summed E-state index contributed by atoms with van der Waals surface area (Å²) in [7, 11) is 0. The quantitative estimate of drug-likeness (QED) is 0.845. The van der Waals surface area contributed by atoms with Crippen molar-refractivity contribution in [2.45, 2.75) is 32.2 Å². The number of hydrogen-bond acceptors (Lipinski definition) is 4. The molecule has 1 aliphatic rings. The maximum absolute atomic E-state index is 11.6. The standard InChI is InChI=1S/C16H18N4O/c1-2-12-9-15(21)20-16(19-12)11-7-8-14(17-10-11)18-13-5-3-4-6-13/h3-4,7-10,13H,2,5-6H2,1H3,(H,17,18)(H,19,20,21). The number of aryl methyl sites for hydroxylation is 1. The van der Waals surface area contributed by atoms with Gasteiger partial charge in [0.25, 0.3) is 5.56 Å². The van der Waals surface area contributed by atoms with Crippen LogP contribution in [0.2, 0.25) is 0 Å². The van der Waals surface area contributed by atoms with Crippen LogP contribution in [0.3, 0.4) is 0 Å². The van der Waals surface area contributed by atoms with Crippen LogP contribution in [0.15, 0.2) is 41.3 Å². The van der Waals surface area contributed by atoms with Crippen LogP contribution < -0.4 is 10.9 Å². The molecule has 0 saturated heterocycles. The number of anilines is 1. The molecule has 5 heteroatoms. The first-order valence-corrected chi connectivity index (χ1v) is 7.23. The Labute approximate surface area is 123 Å². The molecule has 0 unspecified atom stereocenters. The van der Waals surface area contributed by atoms with Gasteiger partial charge >= 0.3 is 0 Å². The molecular weight excluding hydrogens is 264 g/mol. The highest BCUT2D eigenvalue weighted by atomic mass is 16.1. The number of pyridine rings is 1. The van der Waals surface area contributed by atoms with Crippen molar-refractivity contribution >= 4 is 5.82 Å². The van der Waals surface area contributed by atoms with Gasteiger partial charge in [0.05, 0.1) is 0 Å². The first kappa shape index (κ1) is 13.5. The van der Waals surface area contributed by atoms with Crippen LogP contribution >= 0.6 is 0 Å². The minimum atomic E-state index is -0.129. The fourth-order valence-electron chi connectivity index (χ4n) is 2.39. The molecule has 0 atom stereocenters. The van der Waals surface area contributed by atoms with Crippen LogP contribution in [-0.2, 0) is 6.42 Å². The number of aromatic amines is 1. The molecule has 1 aliphatic carbocycles. The Morgan fingerprint density at radius 1 is 1.33 bits per heavy atom. The smallest absolute Gasteiger partial charge is 0.251 e. The number of aromatic nitrogens is 3. The highest BCUT2D eigenvalue weighted by molar-refractivity contribution is 5.56. The summed E-state index contributed by atoms with van der Waals surface area (Å²) in [6.07, 6.45) is 8.91. The van der Waals surface area contributed by atoms with Gasteiger partial charge in [-0.3, -0.25) is 4.79 Å². The van der Waals surface area contributed by atoms with Crippen molar-refractivity contribution in [3.8, 4) is 11.4 Å². The van der Waals surface area contributed by atoms with E-state index in [0.29, 0.717) is 11.9 Å². The number of hydrogen-bond donors (Lipinski definition) is 2. The van der Waals surface area contributed by atoms with Gasteiger partial charge in [-0.1, -0.05) is 19.1 Å². The summed E-state index contributed by atoms with van der Waals surface area (Å²) in [6.45, 7) is 1.98. The second-order valence-electron chi connectivity index (χ2n) is 5.16. The zero-order valence-electron chi connectivity index (χ0n) is 12.0. The van der Waals surface area contributed by atoms with Crippen LogP contribution in [0.1, 0.15) is 25.5 Å². The Hall–Kier alpha value is -2.43. The Morgan fingerprint density at radius 2 is 2.14 bits per heavy atom. The second kappa shape index (κ2) is 5.91. The average Bonchev–Trinajstić information content (AvgIpc) is 3.00. The third-order valence-electron chi connectivity index (χ3n) is 3.55. The van der Waals surface area contributed by atoms with Crippen molar-refractivity contribution in [1.29, 1.82) is 0 Å². The topological polar surface area (TPSA) is 70.7 Å². The molecule has 2 N–H and O–H groups in total. The summed E-state index contributed by atoms with van der Waals surface area (Å²) in [5, 5.41) is 3.39. The molecule has 0 bridgehead atoms. The molecule has 0 saturated carbocycles. The van der Waals surface area contributed by atoms with E-state index in [-0.39, 0.29) is 5.56 Å². The van der Waals surface area contributed by atoms with Gasteiger partial charge in [-0.25, -0.2) is 9.97 Å². The first-order valence-electron chi connectivity index (χ1n) is 7.23. The number of nitrogens with one attached hydrogen (secondary N) is 2. The van der Waals surface area contributed by atoms with Crippen molar-refractivity contribution in [3.63, 3.8) is 0 Å². The van der Waals surface area contributed by atoms with Crippen molar-refractivity contribution in [3.05, 3.63) is 52.6 Å². The van der Waals surface area contributed by atoms with Gasteiger partial charge in [0, 0.05) is 29.6 Å². The zero-order valence-corrected chi connectivity index (χ0v) is 12.0. The molecule has 0 fully saturated rings.